The first kappa shape index (κ1) is 27.2. The third-order valence-corrected chi connectivity index (χ3v) is 9.64. The van der Waals surface area contributed by atoms with E-state index in [0.717, 1.165) is 52.3 Å². The van der Waals surface area contributed by atoms with E-state index in [-0.39, 0.29) is 5.41 Å². The Morgan fingerprint density at radius 2 is 1.13 bits per heavy atom. The summed E-state index contributed by atoms with van der Waals surface area (Å²) >= 11 is 0. The van der Waals surface area contributed by atoms with Crippen molar-refractivity contribution in [3.05, 3.63) is 151 Å². The van der Waals surface area contributed by atoms with Gasteiger partial charge in [-0.25, -0.2) is 4.98 Å². The number of nitrogens with zero attached hydrogens (tertiary/aromatic N) is 3. The molecule has 2 aromatic heterocycles. The van der Waals surface area contributed by atoms with E-state index in [4.69, 9.17) is 15.0 Å². The summed E-state index contributed by atoms with van der Waals surface area (Å²) in [6.45, 7) is 4.55. The predicted octanol–water partition coefficient (Wildman–Crippen LogP) is 10.8. The van der Waals surface area contributed by atoms with Crippen LogP contribution >= 0.6 is 0 Å². The van der Waals surface area contributed by atoms with Crippen LogP contribution in [0.25, 0.3) is 66.8 Å². The third kappa shape index (κ3) is 4.46. The molecule has 1 aliphatic rings. The highest BCUT2D eigenvalue weighted by Crippen LogP contribution is 2.52. The summed E-state index contributed by atoms with van der Waals surface area (Å²) in [6, 6.07) is 45.2. The Balaban J connectivity index is 1.24. The molecule has 216 valence electrons. The summed E-state index contributed by atoms with van der Waals surface area (Å²) in [6.07, 6.45) is 5.82. The highest BCUT2D eigenvalue weighted by molar-refractivity contribution is 6.00. The number of benzene rings is 5. The summed E-state index contributed by atoms with van der Waals surface area (Å²) in [5.41, 5.74) is 13.1. The molecule has 8 rings (SSSR count). The summed E-state index contributed by atoms with van der Waals surface area (Å²) in [5, 5.41) is 2.42. The minimum Gasteiger partial charge on any atom is -0.256 e. The molecule has 1 aliphatic carbocycles. The topological polar surface area (TPSA) is 38.7 Å². The molecule has 0 saturated carbocycles. The minimum atomic E-state index is -0.234. The molecule has 0 saturated heterocycles. The number of pyridine rings is 1. The average molecular weight is 580 g/mol. The average Bonchev–Trinajstić information content (AvgIpc) is 3.40. The lowest BCUT2D eigenvalue weighted by Gasteiger charge is -2.28. The van der Waals surface area contributed by atoms with E-state index in [0.29, 0.717) is 0 Å². The van der Waals surface area contributed by atoms with Crippen LogP contribution in [0.1, 0.15) is 37.9 Å². The van der Waals surface area contributed by atoms with Gasteiger partial charge in [-0.3, -0.25) is 9.97 Å². The van der Waals surface area contributed by atoms with Crippen LogP contribution < -0.4 is 0 Å². The number of hydrogen-bond acceptors (Lipinski definition) is 3. The number of fused-ring (bicyclic) bond motifs is 4. The highest BCUT2D eigenvalue weighted by atomic mass is 14.9. The maximum Gasteiger partial charge on any atom is 0.0945 e. The van der Waals surface area contributed by atoms with E-state index >= 15 is 0 Å². The lowest BCUT2D eigenvalue weighted by Crippen LogP contribution is -2.24. The van der Waals surface area contributed by atoms with Crippen LogP contribution in [0.5, 0.6) is 0 Å². The molecule has 45 heavy (non-hydrogen) atoms. The van der Waals surface area contributed by atoms with Gasteiger partial charge in [0.2, 0.25) is 0 Å². The van der Waals surface area contributed by atoms with Crippen molar-refractivity contribution in [1.29, 1.82) is 0 Å². The molecule has 0 unspecified atom stereocenters. The normalized spacial score (nSPS) is 13.0. The molecule has 0 radical (unpaired) electrons. The fourth-order valence-corrected chi connectivity index (χ4v) is 7.12. The molecule has 0 spiro atoms. The molecular formula is C42H33N3. The van der Waals surface area contributed by atoms with Crippen molar-refractivity contribution in [2.45, 2.75) is 32.1 Å². The van der Waals surface area contributed by atoms with Crippen molar-refractivity contribution in [2.75, 3.05) is 0 Å². The van der Waals surface area contributed by atoms with Crippen molar-refractivity contribution in [1.82, 2.24) is 15.0 Å². The van der Waals surface area contributed by atoms with E-state index in [1.807, 2.05) is 18.5 Å². The molecular weight excluding hydrogens is 546 g/mol. The molecule has 0 atom stereocenters. The van der Waals surface area contributed by atoms with Gasteiger partial charge >= 0.3 is 0 Å². The Morgan fingerprint density at radius 1 is 0.511 bits per heavy atom. The van der Waals surface area contributed by atoms with Gasteiger partial charge in [-0.1, -0.05) is 123 Å². The predicted molar refractivity (Wildman–Crippen MR) is 186 cm³/mol. The molecule has 0 aliphatic heterocycles. The van der Waals surface area contributed by atoms with Gasteiger partial charge in [-0.2, -0.15) is 0 Å². The molecule has 3 heteroatoms. The Hall–Kier alpha value is -5.41. The van der Waals surface area contributed by atoms with Crippen LogP contribution in [0, 0.1) is 0 Å². The zero-order valence-electron chi connectivity index (χ0n) is 25.5. The Kier molecular flexibility index (Phi) is 6.60. The molecule has 0 fully saturated rings. The van der Waals surface area contributed by atoms with Gasteiger partial charge in [0.15, 0.2) is 0 Å². The molecule has 0 bridgehead atoms. The molecule has 7 aromatic rings. The van der Waals surface area contributed by atoms with Crippen molar-refractivity contribution in [2.24, 2.45) is 0 Å². The molecule has 5 aromatic carbocycles. The lowest BCUT2D eigenvalue weighted by molar-refractivity contribution is 0.476. The van der Waals surface area contributed by atoms with Crippen LogP contribution in [0.4, 0.5) is 0 Å². The second-order valence-electron chi connectivity index (χ2n) is 11.9. The van der Waals surface area contributed by atoms with Gasteiger partial charge < -0.3 is 0 Å². The first-order valence-electron chi connectivity index (χ1n) is 15.8. The third-order valence-electron chi connectivity index (χ3n) is 9.64. The van der Waals surface area contributed by atoms with Crippen molar-refractivity contribution in [3.8, 4) is 56.0 Å². The van der Waals surface area contributed by atoms with E-state index in [1.165, 1.54) is 38.6 Å². The molecule has 0 N–H and O–H groups in total. The number of aromatic nitrogens is 3. The molecule has 2 heterocycles. The van der Waals surface area contributed by atoms with Gasteiger partial charge in [0.05, 0.1) is 29.0 Å². The van der Waals surface area contributed by atoms with Crippen LogP contribution in [0.15, 0.2) is 140 Å². The van der Waals surface area contributed by atoms with Crippen molar-refractivity contribution in [3.63, 3.8) is 0 Å². The summed E-state index contributed by atoms with van der Waals surface area (Å²) in [7, 11) is 0. The van der Waals surface area contributed by atoms with E-state index in [1.54, 1.807) is 0 Å². The second kappa shape index (κ2) is 10.9. The Morgan fingerprint density at radius 3 is 1.84 bits per heavy atom. The zero-order valence-corrected chi connectivity index (χ0v) is 25.5. The maximum atomic E-state index is 5.35. The monoisotopic (exact) mass is 579 g/mol. The Bertz CT molecular complexity index is 2160. The van der Waals surface area contributed by atoms with E-state index in [2.05, 4.69) is 135 Å². The SMILES string of the molecule is CCC1(CC)c2cc(-c3cc(-c4ccccc4)cc4ccccc34)ncc2-c2ncc(-c3ccc(-c4ccccc4)cc3)nc21. The van der Waals surface area contributed by atoms with E-state index in [9.17, 15) is 0 Å². The van der Waals surface area contributed by atoms with Crippen LogP contribution in [0.2, 0.25) is 0 Å². The van der Waals surface area contributed by atoms with Gasteiger partial charge in [0, 0.05) is 28.3 Å². The Labute approximate surface area is 264 Å². The van der Waals surface area contributed by atoms with Gasteiger partial charge in [-0.15, -0.1) is 0 Å². The quantitative estimate of drug-likeness (QED) is 0.197. The minimum absolute atomic E-state index is 0.234. The highest BCUT2D eigenvalue weighted by Gasteiger charge is 2.43. The van der Waals surface area contributed by atoms with Crippen LogP contribution in [0.3, 0.4) is 0 Å². The van der Waals surface area contributed by atoms with Crippen LogP contribution in [-0.4, -0.2) is 15.0 Å². The van der Waals surface area contributed by atoms with Crippen molar-refractivity contribution < 1.29 is 0 Å². The van der Waals surface area contributed by atoms with E-state index < -0.39 is 0 Å². The van der Waals surface area contributed by atoms with Crippen molar-refractivity contribution >= 4 is 10.8 Å². The fourth-order valence-electron chi connectivity index (χ4n) is 7.12. The van der Waals surface area contributed by atoms with Gasteiger partial charge in [-0.05, 0) is 69.6 Å². The van der Waals surface area contributed by atoms with Crippen LogP contribution in [-0.2, 0) is 5.41 Å². The summed E-state index contributed by atoms with van der Waals surface area (Å²) in [4.78, 5) is 15.5. The molecule has 3 nitrogen and oxygen atoms in total. The fraction of sp³-hybridized carbons (Fsp3) is 0.119. The number of rotatable bonds is 6. The largest absolute Gasteiger partial charge is 0.256 e. The maximum absolute atomic E-state index is 5.35. The molecule has 0 amide bonds. The summed E-state index contributed by atoms with van der Waals surface area (Å²) in [5.74, 6) is 0. The van der Waals surface area contributed by atoms with Gasteiger partial charge in [0.25, 0.3) is 0 Å². The zero-order chi connectivity index (χ0) is 30.4. The second-order valence-corrected chi connectivity index (χ2v) is 11.9. The first-order chi connectivity index (χ1) is 22.2. The summed E-state index contributed by atoms with van der Waals surface area (Å²) < 4.78 is 0. The standard InChI is InChI=1S/C42H33N3/c1-3-42(4-2)37-25-38(35-24-33(29-15-9-6-10-16-29)23-32-17-11-12-18-34(32)35)43-26-36(37)40-41(42)45-39(27-44-40)31-21-19-30(20-22-31)28-13-7-5-8-14-28/h5-27H,3-4H2,1-2H3. The smallest absolute Gasteiger partial charge is 0.0945 e. The van der Waals surface area contributed by atoms with Gasteiger partial charge in [0.1, 0.15) is 0 Å². The lowest BCUT2D eigenvalue weighted by atomic mass is 9.76. The number of hydrogen-bond donors (Lipinski definition) is 0. The first-order valence-corrected chi connectivity index (χ1v) is 15.8.